The number of ether oxygens (including phenoxy) is 1. The standard InChI is InChI=1S/C18H30N4O3/c1-17(2)14(23)10-18(13-22(17)16(24)12-25-3)4-8-21(9-5-18)11-15-19-6-7-20-15/h6-7,14,23H,4-5,8-13H2,1-3H3,(H,19,20). The minimum absolute atomic E-state index is 0.00198. The highest BCUT2D eigenvalue weighted by atomic mass is 16.5. The first-order valence-corrected chi connectivity index (χ1v) is 9.04. The van der Waals surface area contributed by atoms with E-state index in [4.69, 9.17) is 4.74 Å². The van der Waals surface area contributed by atoms with Crippen LogP contribution in [0, 0.1) is 5.41 Å². The number of nitrogens with one attached hydrogen (secondary N) is 1. The molecule has 25 heavy (non-hydrogen) atoms. The molecule has 7 nitrogen and oxygen atoms in total. The molecule has 1 amide bonds. The number of aromatic nitrogens is 2. The molecule has 140 valence electrons. The van der Waals surface area contributed by atoms with Crippen molar-refractivity contribution in [2.75, 3.05) is 33.4 Å². The maximum atomic E-state index is 12.5. The third-order valence-corrected chi connectivity index (χ3v) is 6.04. The van der Waals surface area contributed by atoms with Gasteiger partial charge in [0.05, 0.1) is 18.2 Å². The average Bonchev–Trinajstić information content (AvgIpc) is 3.07. The maximum absolute atomic E-state index is 12.5. The van der Waals surface area contributed by atoms with Crippen LogP contribution in [-0.4, -0.2) is 75.8 Å². The van der Waals surface area contributed by atoms with E-state index in [2.05, 4.69) is 14.9 Å². The molecule has 7 heteroatoms. The third kappa shape index (κ3) is 3.73. The van der Waals surface area contributed by atoms with Gasteiger partial charge >= 0.3 is 0 Å². The molecule has 0 radical (unpaired) electrons. The molecule has 2 fully saturated rings. The third-order valence-electron chi connectivity index (χ3n) is 6.04. The van der Waals surface area contributed by atoms with Crippen LogP contribution in [0.3, 0.4) is 0 Å². The summed E-state index contributed by atoms with van der Waals surface area (Å²) in [6.45, 7) is 7.41. The number of hydrogen-bond acceptors (Lipinski definition) is 5. The highest BCUT2D eigenvalue weighted by molar-refractivity contribution is 5.78. The molecule has 2 aliphatic rings. The number of aliphatic hydroxyl groups is 1. The predicted octanol–water partition coefficient (Wildman–Crippen LogP) is 1.01. The van der Waals surface area contributed by atoms with Gasteiger partial charge in [-0.1, -0.05) is 0 Å². The van der Waals surface area contributed by atoms with E-state index in [1.165, 1.54) is 7.11 Å². The lowest BCUT2D eigenvalue weighted by Crippen LogP contribution is -2.65. The van der Waals surface area contributed by atoms with Gasteiger partial charge in [-0.25, -0.2) is 4.98 Å². The van der Waals surface area contributed by atoms with E-state index in [-0.39, 0.29) is 17.9 Å². The van der Waals surface area contributed by atoms with Crippen LogP contribution >= 0.6 is 0 Å². The zero-order valence-electron chi connectivity index (χ0n) is 15.5. The molecule has 0 saturated carbocycles. The number of aliphatic hydroxyl groups excluding tert-OH is 1. The van der Waals surface area contributed by atoms with Crippen molar-refractivity contribution < 1.29 is 14.6 Å². The highest BCUT2D eigenvalue weighted by Gasteiger charge is 2.50. The van der Waals surface area contributed by atoms with Crippen molar-refractivity contribution in [1.29, 1.82) is 0 Å². The second-order valence-electron chi connectivity index (χ2n) is 8.10. The van der Waals surface area contributed by atoms with E-state index in [1.54, 1.807) is 6.20 Å². The number of likely N-dealkylation sites (tertiary alicyclic amines) is 2. The number of rotatable bonds is 4. The lowest BCUT2D eigenvalue weighted by molar-refractivity contribution is -0.163. The minimum Gasteiger partial charge on any atom is -0.391 e. The molecule has 3 heterocycles. The number of aromatic amines is 1. The van der Waals surface area contributed by atoms with Crippen molar-refractivity contribution >= 4 is 5.91 Å². The monoisotopic (exact) mass is 350 g/mol. The summed E-state index contributed by atoms with van der Waals surface area (Å²) in [5.41, 5.74) is -0.551. The molecule has 2 N–H and O–H groups in total. The molecule has 1 spiro atoms. The van der Waals surface area contributed by atoms with Crippen LogP contribution in [-0.2, 0) is 16.1 Å². The number of amides is 1. The Morgan fingerprint density at radius 3 is 2.76 bits per heavy atom. The van der Waals surface area contributed by atoms with Crippen molar-refractivity contribution in [3.8, 4) is 0 Å². The summed E-state index contributed by atoms with van der Waals surface area (Å²) in [6, 6.07) is 0. The first-order chi connectivity index (χ1) is 11.9. The van der Waals surface area contributed by atoms with Crippen molar-refractivity contribution in [3.05, 3.63) is 18.2 Å². The van der Waals surface area contributed by atoms with E-state index >= 15 is 0 Å². The molecular weight excluding hydrogens is 320 g/mol. The lowest BCUT2D eigenvalue weighted by atomic mass is 9.67. The van der Waals surface area contributed by atoms with Gasteiger partial charge in [0.1, 0.15) is 12.4 Å². The highest BCUT2D eigenvalue weighted by Crippen LogP contribution is 2.45. The molecule has 1 aromatic heterocycles. The predicted molar refractivity (Wildman–Crippen MR) is 93.8 cm³/mol. The molecular formula is C18H30N4O3. The van der Waals surface area contributed by atoms with Gasteiger partial charge < -0.3 is 19.7 Å². The molecule has 1 aromatic rings. The van der Waals surface area contributed by atoms with Crippen LogP contribution in [0.2, 0.25) is 0 Å². The molecule has 2 aliphatic heterocycles. The Hall–Kier alpha value is -1.44. The maximum Gasteiger partial charge on any atom is 0.249 e. The van der Waals surface area contributed by atoms with Gasteiger partial charge in [0.15, 0.2) is 0 Å². The van der Waals surface area contributed by atoms with Gasteiger partial charge in [0.25, 0.3) is 0 Å². The molecule has 2 saturated heterocycles. The minimum atomic E-state index is -0.549. The van der Waals surface area contributed by atoms with Crippen molar-refractivity contribution in [3.63, 3.8) is 0 Å². The molecule has 0 aliphatic carbocycles. The largest absolute Gasteiger partial charge is 0.391 e. The Labute approximate surface area is 149 Å². The summed E-state index contributed by atoms with van der Waals surface area (Å²) in [6.07, 6.45) is 5.83. The fraction of sp³-hybridized carbons (Fsp3) is 0.778. The average molecular weight is 350 g/mol. The summed E-state index contributed by atoms with van der Waals surface area (Å²) in [4.78, 5) is 24.2. The fourth-order valence-electron chi connectivity index (χ4n) is 4.20. The van der Waals surface area contributed by atoms with Gasteiger partial charge in [0, 0.05) is 26.0 Å². The fourth-order valence-corrected chi connectivity index (χ4v) is 4.20. The Balaban J connectivity index is 1.67. The number of nitrogens with zero attached hydrogens (tertiary/aromatic N) is 3. The smallest absolute Gasteiger partial charge is 0.249 e. The Morgan fingerprint density at radius 2 is 2.16 bits per heavy atom. The van der Waals surface area contributed by atoms with Gasteiger partial charge in [-0.05, 0) is 51.6 Å². The van der Waals surface area contributed by atoms with Gasteiger partial charge in [0.2, 0.25) is 5.91 Å². The molecule has 0 aromatic carbocycles. The number of imidazole rings is 1. The zero-order chi connectivity index (χ0) is 18.1. The number of piperidine rings is 2. The molecule has 3 rings (SSSR count). The summed E-state index contributed by atoms with van der Waals surface area (Å²) in [5.74, 6) is 0.946. The van der Waals surface area contributed by atoms with Crippen LogP contribution in [0.4, 0.5) is 0 Å². The molecule has 1 atom stereocenters. The Morgan fingerprint density at radius 1 is 1.44 bits per heavy atom. The Bertz CT molecular complexity index is 579. The SMILES string of the molecule is COCC(=O)N1CC2(CCN(Cc3ncc[nH]3)CC2)CC(O)C1(C)C. The second-order valence-corrected chi connectivity index (χ2v) is 8.10. The summed E-state index contributed by atoms with van der Waals surface area (Å²) in [7, 11) is 1.54. The van der Waals surface area contributed by atoms with Crippen molar-refractivity contribution in [1.82, 2.24) is 19.8 Å². The lowest BCUT2D eigenvalue weighted by Gasteiger charge is -2.56. The van der Waals surface area contributed by atoms with Crippen molar-refractivity contribution in [2.24, 2.45) is 5.41 Å². The quantitative estimate of drug-likeness (QED) is 0.847. The number of carbonyl (C=O) groups excluding carboxylic acids is 1. The van der Waals surface area contributed by atoms with E-state index < -0.39 is 11.6 Å². The molecule has 1 unspecified atom stereocenters. The summed E-state index contributed by atoms with van der Waals surface area (Å²) >= 11 is 0. The number of hydrogen-bond donors (Lipinski definition) is 2. The van der Waals surface area contributed by atoms with E-state index in [1.807, 2.05) is 24.9 Å². The topological polar surface area (TPSA) is 81.7 Å². The Kier molecular flexibility index (Phi) is 5.18. The molecule has 0 bridgehead atoms. The summed E-state index contributed by atoms with van der Waals surface area (Å²) in [5, 5.41) is 10.8. The van der Waals surface area contributed by atoms with Crippen LogP contribution in [0.5, 0.6) is 0 Å². The zero-order valence-corrected chi connectivity index (χ0v) is 15.5. The van der Waals surface area contributed by atoms with E-state index in [0.29, 0.717) is 6.54 Å². The number of methoxy groups -OCH3 is 1. The van der Waals surface area contributed by atoms with E-state index in [9.17, 15) is 9.90 Å². The van der Waals surface area contributed by atoms with Crippen LogP contribution < -0.4 is 0 Å². The van der Waals surface area contributed by atoms with Crippen LogP contribution in [0.15, 0.2) is 12.4 Å². The van der Waals surface area contributed by atoms with E-state index in [0.717, 1.165) is 44.7 Å². The first-order valence-electron chi connectivity index (χ1n) is 9.04. The number of carbonyl (C=O) groups is 1. The van der Waals surface area contributed by atoms with Crippen LogP contribution in [0.1, 0.15) is 38.9 Å². The number of H-pyrrole nitrogens is 1. The second kappa shape index (κ2) is 7.05. The van der Waals surface area contributed by atoms with Gasteiger partial charge in [-0.3, -0.25) is 9.69 Å². The normalized spacial score (nSPS) is 26.1. The van der Waals surface area contributed by atoms with Crippen LogP contribution in [0.25, 0.3) is 0 Å². The summed E-state index contributed by atoms with van der Waals surface area (Å²) < 4.78 is 5.05. The first kappa shape index (κ1) is 18.4. The van der Waals surface area contributed by atoms with Gasteiger partial charge in [-0.2, -0.15) is 0 Å². The van der Waals surface area contributed by atoms with Crippen molar-refractivity contribution in [2.45, 2.75) is 51.3 Å². The van der Waals surface area contributed by atoms with Gasteiger partial charge in [-0.15, -0.1) is 0 Å².